The van der Waals surface area contributed by atoms with E-state index < -0.39 is 0 Å². The fraction of sp³-hybridized carbons (Fsp3) is 0.333. The molecule has 1 N–H and O–H groups in total. The lowest BCUT2D eigenvalue weighted by Gasteiger charge is -2.10. The summed E-state index contributed by atoms with van der Waals surface area (Å²) in [6.07, 6.45) is 3.58. The summed E-state index contributed by atoms with van der Waals surface area (Å²) in [5.74, 6) is 0. The summed E-state index contributed by atoms with van der Waals surface area (Å²) in [4.78, 5) is 8.18. The number of aliphatic imine (C=N–C) groups is 2. The lowest BCUT2D eigenvalue weighted by Crippen LogP contribution is -2.27. The molecule has 2 heterocycles. The molecule has 0 amide bonds. The molecule has 0 saturated carbocycles. The van der Waals surface area contributed by atoms with Crippen molar-refractivity contribution in [2.24, 2.45) is 9.98 Å². The summed E-state index contributed by atoms with van der Waals surface area (Å²) >= 11 is 0. The number of nitrogens with zero attached hydrogens (tertiary/aromatic N) is 2. The number of allylic oxidation sites excluding steroid dienone is 1. The van der Waals surface area contributed by atoms with Crippen molar-refractivity contribution >= 4 is 11.9 Å². The van der Waals surface area contributed by atoms with Gasteiger partial charge in [0.15, 0.2) is 0 Å². The number of hydrogen-bond acceptors (Lipinski definition) is 3. The maximum atomic E-state index is 4.23. The molecule has 2 aliphatic heterocycles. The Labute approximate surface area is 53.2 Å². The number of fused-ring (bicyclic) bond motifs is 1. The molecule has 0 aromatic rings. The Morgan fingerprint density at radius 2 is 2.56 bits per heavy atom. The van der Waals surface area contributed by atoms with Gasteiger partial charge in [0.1, 0.15) is 5.71 Å². The Morgan fingerprint density at radius 3 is 3.44 bits per heavy atom. The van der Waals surface area contributed by atoms with Crippen LogP contribution in [-0.2, 0) is 0 Å². The van der Waals surface area contributed by atoms with E-state index in [1.165, 1.54) is 0 Å². The van der Waals surface area contributed by atoms with E-state index in [-0.39, 0.29) is 0 Å². The molecular formula is C6H7N3. The van der Waals surface area contributed by atoms with Gasteiger partial charge >= 0.3 is 0 Å². The van der Waals surface area contributed by atoms with E-state index in [1.54, 1.807) is 12.4 Å². The van der Waals surface area contributed by atoms with E-state index in [2.05, 4.69) is 15.3 Å². The van der Waals surface area contributed by atoms with Crippen LogP contribution in [0.5, 0.6) is 0 Å². The van der Waals surface area contributed by atoms with Gasteiger partial charge in [-0.2, -0.15) is 0 Å². The highest BCUT2D eigenvalue weighted by atomic mass is 15.0. The molecule has 0 aliphatic carbocycles. The molecule has 9 heavy (non-hydrogen) atoms. The van der Waals surface area contributed by atoms with E-state index >= 15 is 0 Å². The van der Waals surface area contributed by atoms with E-state index in [0.29, 0.717) is 0 Å². The van der Waals surface area contributed by atoms with Gasteiger partial charge in [-0.25, -0.2) is 0 Å². The first-order chi connectivity index (χ1) is 4.47. The van der Waals surface area contributed by atoms with Crippen LogP contribution < -0.4 is 5.32 Å². The fourth-order valence-electron chi connectivity index (χ4n) is 0.947. The molecular weight excluding hydrogens is 114 g/mol. The van der Waals surface area contributed by atoms with Crippen molar-refractivity contribution in [3.8, 4) is 0 Å². The van der Waals surface area contributed by atoms with Gasteiger partial charge in [0.2, 0.25) is 0 Å². The Balaban J connectivity index is 2.38. The molecule has 0 fully saturated rings. The molecule has 3 nitrogen and oxygen atoms in total. The Hall–Kier alpha value is -1.12. The van der Waals surface area contributed by atoms with Crippen LogP contribution in [0.4, 0.5) is 0 Å². The zero-order valence-corrected chi connectivity index (χ0v) is 4.96. The highest BCUT2D eigenvalue weighted by molar-refractivity contribution is 6.39. The first kappa shape index (κ1) is 4.73. The van der Waals surface area contributed by atoms with E-state index in [9.17, 15) is 0 Å². The van der Waals surface area contributed by atoms with E-state index in [1.807, 2.05) is 0 Å². The Kier molecular flexibility index (Phi) is 0.886. The predicted octanol–water partition coefficient (Wildman–Crippen LogP) is -0.0436. The number of hydrogen-bond donors (Lipinski definition) is 1. The van der Waals surface area contributed by atoms with Gasteiger partial charge in [-0.15, -0.1) is 0 Å². The van der Waals surface area contributed by atoms with Crippen LogP contribution in [0.25, 0.3) is 0 Å². The lowest BCUT2D eigenvalue weighted by atomic mass is 10.3. The minimum absolute atomic E-state index is 0.874. The zero-order chi connectivity index (χ0) is 6.10. The van der Waals surface area contributed by atoms with Crippen molar-refractivity contribution < 1.29 is 0 Å². The summed E-state index contributed by atoms with van der Waals surface area (Å²) in [6, 6.07) is 0. The molecule has 0 unspecified atom stereocenters. The quantitative estimate of drug-likeness (QED) is 0.479. The van der Waals surface area contributed by atoms with Crippen LogP contribution >= 0.6 is 0 Å². The minimum atomic E-state index is 0.874. The molecule has 2 rings (SSSR count). The van der Waals surface area contributed by atoms with Crippen molar-refractivity contribution in [1.82, 2.24) is 5.32 Å². The summed E-state index contributed by atoms with van der Waals surface area (Å²) in [5.41, 5.74) is 2.07. The molecule has 2 aliphatic rings. The summed E-state index contributed by atoms with van der Waals surface area (Å²) < 4.78 is 0. The van der Waals surface area contributed by atoms with Crippen molar-refractivity contribution in [3.05, 3.63) is 11.9 Å². The highest BCUT2D eigenvalue weighted by Gasteiger charge is 2.11. The van der Waals surface area contributed by atoms with E-state index in [4.69, 9.17) is 0 Å². The van der Waals surface area contributed by atoms with Gasteiger partial charge in [0, 0.05) is 6.54 Å². The number of nitrogens with one attached hydrogen (secondary N) is 1. The third-order valence-electron chi connectivity index (χ3n) is 1.39. The molecule has 46 valence electrons. The van der Waals surface area contributed by atoms with Gasteiger partial charge in [0.25, 0.3) is 0 Å². The van der Waals surface area contributed by atoms with Crippen molar-refractivity contribution in [2.75, 3.05) is 13.1 Å². The largest absolute Gasteiger partial charge is 0.380 e. The van der Waals surface area contributed by atoms with Gasteiger partial charge < -0.3 is 5.32 Å². The zero-order valence-electron chi connectivity index (χ0n) is 4.96. The molecule has 0 bridgehead atoms. The topological polar surface area (TPSA) is 36.8 Å². The molecule has 3 heteroatoms. The summed E-state index contributed by atoms with van der Waals surface area (Å²) in [7, 11) is 0. The highest BCUT2D eigenvalue weighted by Crippen LogP contribution is 2.03. The third-order valence-corrected chi connectivity index (χ3v) is 1.39. The van der Waals surface area contributed by atoms with Crippen LogP contribution in [0.2, 0.25) is 0 Å². The second-order valence-corrected chi connectivity index (χ2v) is 2.01. The third kappa shape index (κ3) is 0.650. The van der Waals surface area contributed by atoms with E-state index in [0.717, 1.165) is 24.5 Å². The van der Waals surface area contributed by atoms with Gasteiger partial charge in [-0.1, -0.05) is 0 Å². The molecule has 0 spiro atoms. The first-order valence-electron chi connectivity index (χ1n) is 2.99. The summed E-state index contributed by atoms with van der Waals surface area (Å²) in [6.45, 7) is 1.82. The normalized spacial score (nSPS) is 22.2. The second kappa shape index (κ2) is 1.69. The summed E-state index contributed by atoms with van der Waals surface area (Å²) in [5, 5.41) is 3.19. The molecule has 0 radical (unpaired) electrons. The standard InChI is InChI=1S/C6H7N3/c1-2-9-6-4-7-3-5(6)8-1/h3-4,8H,1-2H2. The smallest absolute Gasteiger partial charge is 0.100 e. The first-order valence-corrected chi connectivity index (χ1v) is 2.99. The molecule has 0 atom stereocenters. The Morgan fingerprint density at radius 1 is 1.56 bits per heavy atom. The van der Waals surface area contributed by atoms with Crippen molar-refractivity contribution in [3.63, 3.8) is 0 Å². The van der Waals surface area contributed by atoms with Gasteiger partial charge in [-0.05, 0) is 0 Å². The minimum Gasteiger partial charge on any atom is -0.380 e. The Bertz CT molecular complexity index is 212. The number of rotatable bonds is 0. The maximum absolute atomic E-state index is 4.23. The van der Waals surface area contributed by atoms with Crippen molar-refractivity contribution in [1.29, 1.82) is 0 Å². The predicted molar refractivity (Wildman–Crippen MR) is 36.9 cm³/mol. The maximum Gasteiger partial charge on any atom is 0.100 e. The fourth-order valence-corrected chi connectivity index (χ4v) is 0.947. The van der Waals surface area contributed by atoms with Gasteiger partial charge in [0.05, 0.1) is 24.7 Å². The average molecular weight is 121 g/mol. The SMILES string of the molecule is C1=NC=C2NCCN=C12. The second-order valence-electron chi connectivity index (χ2n) is 2.01. The van der Waals surface area contributed by atoms with Crippen LogP contribution in [0.1, 0.15) is 0 Å². The van der Waals surface area contributed by atoms with Crippen LogP contribution in [0, 0.1) is 0 Å². The lowest BCUT2D eigenvalue weighted by molar-refractivity contribution is 0.799. The van der Waals surface area contributed by atoms with Crippen LogP contribution in [0.3, 0.4) is 0 Å². The molecule has 0 saturated heterocycles. The molecule has 0 aromatic carbocycles. The van der Waals surface area contributed by atoms with Crippen molar-refractivity contribution in [2.45, 2.75) is 0 Å². The van der Waals surface area contributed by atoms with Crippen LogP contribution in [-0.4, -0.2) is 25.0 Å². The average Bonchev–Trinajstić information content (AvgIpc) is 2.33. The van der Waals surface area contributed by atoms with Crippen LogP contribution in [0.15, 0.2) is 21.9 Å². The monoisotopic (exact) mass is 121 g/mol. The van der Waals surface area contributed by atoms with Gasteiger partial charge in [-0.3, -0.25) is 9.98 Å². The molecule has 0 aromatic heterocycles.